The lowest BCUT2D eigenvalue weighted by Gasteiger charge is -2.37. The highest BCUT2D eigenvalue weighted by Gasteiger charge is 2.33. The Bertz CT molecular complexity index is 647. The molecule has 1 aliphatic rings. The molecule has 1 N–H and O–H groups in total. The third-order valence-corrected chi connectivity index (χ3v) is 4.21. The standard InChI is InChI=1S/C17H23ClF3N3O2/c1-16(2,3)26-15(25)23-10-12-6-4-5-7-24(12)14-13(18)8-11(9-22-14)17(19,20)21/h8-9,12H,4-7,10H2,1-3H3,(H,23,25)/t12-/m1/s1. The van der Waals surface area contributed by atoms with Crippen LogP contribution in [0.2, 0.25) is 5.02 Å². The Balaban J connectivity index is 2.10. The lowest BCUT2D eigenvalue weighted by atomic mass is 10.0. The first-order valence-corrected chi connectivity index (χ1v) is 8.81. The Morgan fingerprint density at radius 1 is 1.38 bits per heavy atom. The van der Waals surface area contributed by atoms with Crippen LogP contribution >= 0.6 is 11.6 Å². The molecule has 0 saturated carbocycles. The van der Waals surface area contributed by atoms with Gasteiger partial charge < -0.3 is 15.0 Å². The summed E-state index contributed by atoms with van der Waals surface area (Å²) in [4.78, 5) is 17.6. The van der Waals surface area contributed by atoms with Crippen LogP contribution in [0.25, 0.3) is 0 Å². The van der Waals surface area contributed by atoms with E-state index in [-0.39, 0.29) is 11.1 Å². The minimum atomic E-state index is -4.49. The predicted molar refractivity (Wildman–Crippen MR) is 93.5 cm³/mol. The summed E-state index contributed by atoms with van der Waals surface area (Å²) in [6.07, 6.45) is -1.63. The van der Waals surface area contributed by atoms with E-state index in [1.807, 2.05) is 4.90 Å². The van der Waals surface area contributed by atoms with Crippen molar-refractivity contribution in [2.75, 3.05) is 18.0 Å². The van der Waals surface area contributed by atoms with Crippen LogP contribution < -0.4 is 10.2 Å². The topological polar surface area (TPSA) is 54.5 Å². The number of ether oxygens (including phenoxy) is 1. The first kappa shape index (κ1) is 20.6. The Kier molecular flexibility index (Phi) is 6.26. The van der Waals surface area contributed by atoms with Gasteiger partial charge in [0, 0.05) is 25.3 Å². The maximum Gasteiger partial charge on any atom is 0.417 e. The number of hydrogen-bond acceptors (Lipinski definition) is 4. The van der Waals surface area contributed by atoms with Gasteiger partial charge in [0.25, 0.3) is 0 Å². The molecule has 0 radical (unpaired) electrons. The molecule has 26 heavy (non-hydrogen) atoms. The van der Waals surface area contributed by atoms with Gasteiger partial charge in [0.1, 0.15) is 11.4 Å². The van der Waals surface area contributed by atoms with Crippen LogP contribution in [0.3, 0.4) is 0 Å². The van der Waals surface area contributed by atoms with Crippen molar-refractivity contribution in [2.24, 2.45) is 0 Å². The maximum absolute atomic E-state index is 12.8. The number of aromatic nitrogens is 1. The van der Waals surface area contributed by atoms with E-state index in [0.717, 1.165) is 31.5 Å². The molecule has 2 rings (SSSR count). The van der Waals surface area contributed by atoms with E-state index in [2.05, 4.69) is 10.3 Å². The van der Waals surface area contributed by atoms with Gasteiger partial charge in [-0.1, -0.05) is 11.6 Å². The second-order valence-electron chi connectivity index (χ2n) is 7.25. The van der Waals surface area contributed by atoms with Crippen LogP contribution in [0.5, 0.6) is 0 Å². The Morgan fingerprint density at radius 2 is 2.08 bits per heavy atom. The van der Waals surface area contributed by atoms with Gasteiger partial charge in [0.15, 0.2) is 0 Å². The van der Waals surface area contributed by atoms with Crippen molar-refractivity contribution in [1.82, 2.24) is 10.3 Å². The van der Waals surface area contributed by atoms with E-state index in [1.54, 1.807) is 20.8 Å². The zero-order valence-electron chi connectivity index (χ0n) is 15.0. The van der Waals surface area contributed by atoms with Crippen LogP contribution in [-0.4, -0.2) is 35.8 Å². The number of nitrogens with one attached hydrogen (secondary N) is 1. The van der Waals surface area contributed by atoms with Crippen molar-refractivity contribution in [3.05, 3.63) is 22.8 Å². The first-order chi connectivity index (χ1) is 12.0. The maximum atomic E-state index is 12.8. The van der Waals surface area contributed by atoms with E-state index in [4.69, 9.17) is 16.3 Å². The van der Waals surface area contributed by atoms with Gasteiger partial charge in [0.05, 0.1) is 10.6 Å². The summed E-state index contributed by atoms with van der Waals surface area (Å²) in [5.74, 6) is 0.301. The SMILES string of the molecule is CC(C)(C)OC(=O)NC[C@H]1CCCCN1c1ncc(C(F)(F)F)cc1Cl. The fraction of sp³-hybridized carbons (Fsp3) is 0.647. The molecule has 1 aliphatic heterocycles. The number of nitrogens with zero attached hydrogens (tertiary/aromatic N) is 2. The number of carbonyl (C=O) groups excluding carboxylic acids is 1. The van der Waals surface area contributed by atoms with Crippen molar-refractivity contribution in [1.29, 1.82) is 0 Å². The summed E-state index contributed by atoms with van der Waals surface area (Å²) in [5.41, 5.74) is -1.49. The van der Waals surface area contributed by atoms with Crippen LogP contribution in [-0.2, 0) is 10.9 Å². The minimum absolute atomic E-state index is 0.0519. The number of carbonyl (C=O) groups is 1. The molecule has 0 aromatic carbocycles. The highest BCUT2D eigenvalue weighted by molar-refractivity contribution is 6.33. The van der Waals surface area contributed by atoms with E-state index in [1.165, 1.54) is 0 Å². The first-order valence-electron chi connectivity index (χ1n) is 8.43. The van der Waals surface area contributed by atoms with Crippen molar-refractivity contribution in [3.8, 4) is 0 Å². The average molecular weight is 394 g/mol. The summed E-state index contributed by atoms with van der Waals surface area (Å²) in [6, 6.07) is 0.773. The van der Waals surface area contributed by atoms with Gasteiger partial charge >= 0.3 is 12.3 Å². The number of alkyl halides is 3. The van der Waals surface area contributed by atoms with Crippen LogP contribution in [0.1, 0.15) is 45.6 Å². The van der Waals surface area contributed by atoms with E-state index in [9.17, 15) is 18.0 Å². The summed E-state index contributed by atoms with van der Waals surface area (Å²) >= 11 is 6.07. The van der Waals surface area contributed by atoms with E-state index >= 15 is 0 Å². The number of hydrogen-bond donors (Lipinski definition) is 1. The Hall–Kier alpha value is -1.70. The average Bonchev–Trinajstić information content (AvgIpc) is 2.51. The van der Waals surface area contributed by atoms with Gasteiger partial charge in [0.2, 0.25) is 0 Å². The van der Waals surface area contributed by atoms with Gasteiger partial charge in [-0.3, -0.25) is 0 Å². The molecular formula is C17H23ClF3N3O2. The molecule has 0 bridgehead atoms. The molecule has 1 atom stereocenters. The number of piperidine rings is 1. The van der Waals surface area contributed by atoms with E-state index in [0.29, 0.717) is 18.9 Å². The lowest BCUT2D eigenvalue weighted by molar-refractivity contribution is -0.137. The molecule has 1 aromatic rings. The zero-order chi connectivity index (χ0) is 19.5. The predicted octanol–water partition coefficient (Wildman–Crippen LogP) is 4.64. The second kappa shape index (κ2) is 7.90. The number of pyridine rings is 1. The molecule has 0 aliphatic carbocycles. The third-order valence-electron chi connectivity index (χ3n) is 3.93. The lowest BCUT2D eigenvalue weighted by Crippen LogP contribution is -2.48. The fourth-order valence-corrected chi connectivity index (χ4v) is 3.08. The molecule has 146 valence electrons. The number of amides is 1. The molecule has 1 aromatic heterocycles. The largest absolute Gasteiger partial charge is 0.444 e. The monoisotopic (exact) mass is 393 g/mol. The molecule has 1 amide bonds. The molecule has 5 nitrogen and oxygen atoms in total. The highest BCUT2D eigenvalue weighted by atomic mass is 35.5. The molecular weight excluding hydrogens is 371 g/mol. The van der Waals surface area contributed by atoms with Gasteiger partial charge in [-0.05, 0) is 46.1 Å². The normalized spacial score (nSPS) is 18.6. The molecule has 9 heteroatoms. The van der Waals surface area contributed by atoms with Crippen molar-refractivity contribution >= 4 is 23.5 Å². The fourth-order valence-electron chi connectivity index (χ4n) is 2.80. The quantitative estimate of drug-likeness (QED) is 0.813. The minimum Gasteiger partial charge on any atom is -0.444 e. The Labute approximate surface area is 155 Å². The smallest absolute Gasteiger partial charge is 0.417 e. The molecule has 0 unspecified atom stereocenters. The molecule has 1 fully saturated rings. The van der Waals surface area contributed by atoms with Crippen molar-refractivity contribution in [3.63, 3.8) is 0 Å². The highest BCUT2D eigenvalue weighted by Crippen LogP contribution is 2.35. The van der Waals surface area contributed by atoms with Crippen molar-refractivity contribution in [2.45, 2.75) is 57.9 Å². The summed E-state index contributed by atoms with van der Waals surface area (Å²) in [5, 5.41) is 2.66. The molecule has 2 heterocycles. The number of halogens is 4. The van der Waals surface area contributed by atoms with Gasteiger partial charge in [-0.2, -0.15) is 13.2 Å². The summed E-state index contributed by atoms with van der Waals surface area (Å²) < 4.78 is 43.6. The van der Waals surface area contributed by atoms with Gasteiger partial charge in [-0.25, -0.2) is 9.78 Å². The Morgan fingerprint density at radius 3 is 2.65 bits per heavy atom. The zero-order valence-corrected chi connectivity index (χ0v) is 15.7. The molecule has 0 spiro atoms. The van der Waals surface area contributed by atoms with Crippen LogP contribution in [0.15, 0.2) is 12.3 Å². The van der Waals surface area contributed by atoms with Crippen LogP contribution in [0.4, 0.5) is 23.8 Å². The van der Waals surface area contributed by atoms with Gasteiger partial charge in [-0.15, -0.1) is 0 Å². The van der Waals surface area contributed by atoms with Crippen molar-refractivity contribution < 1.29 is 22.7 Å². The number of anilines is 1. The number of rotatable bonds is 3. The molecule has 1 saturated heterocycles. The summed E-state index contributed by atoms with van der Waals surface area (Å²) in [6.45, 7) is 6.22. The summed E-state index contributed by atoms with van der Waals surface area (Å²) in [7, 11) is 0. The number of alkyl carbamates (subject to hydrolysis) is 1. The van der Waals surface area contributed by atoms with Crippen LogP contribution in [0, 0.1) is 0 Å². The van der Waals surface area contributed by atoms with E-state index < -0.39 is 23.4 Å². The second-order valence-corrected chi connectivity index (χ2v) is 7.66. The third kappa shape index (κ3) is 5.65.